The number of likely N-dealkylation sites (N-methyl/N-ethyl adjacent to an activating group) is 1. The Bertz CT molecular complexity index is 729. The molecular weight excluding hydrogens is 328 g/mol. The number of hydrogen-bond acceptors (Lipinski definition) is 4. The highest BCUT2D eigenvalue weighted by Crippen LogP contribution is 2.22. The van der Waals surface area contributed by atoms with Crippen molar-refractivity contribution in [2.24, 2.45) is 0 Å². The Morgan fingerprint density at radius 2 is 1.58 bits per heavy atom. The lowest BCUT2D eigenvalue weighted by Crippen LogP contribution is -2.44. The Balaban J connectivity index is 2.21. The topological polar surface area (TPSA) is 64.7 Å². The van der Waals surface area contributed by atoms with Crippen LogP contribution in [0.1, 0.15) is 17.2 Å². The molecule has 0 aliphatic heterocycles. The normalized spacial score (nSPS) is 11.7. The zero-order chi connectivity index (χ0) is 19.1. The fourth-order valence-electron chi connectivity index (χ4n) is 2.76. The average molecular weight is 354 g/mol. The van der Waals surface area contributed by atoms with Crippen LogP contribution in [0.5, 0.6) is 0 Å². The molecule has 6 nitrogen and oxygen atoms in total. The molecule has 0 fully saturated rings. The predicted octanol–water partition coefficient (Wildman–Crippen LogP) is 2.38. The summed E-state index contributed by atoms with van der Waals surface area (Å²) in [6.07, 6.45) is 0. The van der Waals surface area contributed by atoms with E-state index < -0.39 is 12.1 Å². The first kappa shape index (κ1) is 19.5. The smallest absolute Gasteiger partial charge is 0.321 e. The zero-order valence-electron chi connectivity index (χ0n) is 15.7. The maximum absolute atomic E-state index is 12.7. The van der Waals surface area contributed by atoms with Gasteiger partial charge in [-0.25, -0.2) is 4.79 Å². The van der Waals surface area contributed by atoms with E-state index in [4.69, 9.17) is 0 Å². The second-order valence-corrected chi connectivity index (χ2v) is 6.36. The summed E-state index contributed by atoms with van der Waals surface area (Å²) in [4.78, 5) is 28.2. The van der Waals surface area contributed by atoms with E-state index in [9.17, 15) is 9.59 Å². The number of carbonyl (C=O) groups is 2. The van der Waals surface area contributed by atoms with E-state index in [1.54, 1.807) is 0 Å². The first-order chi connectivity index (χ1) is 12.4. The summed E-state index contributed by atoms with van der Waals surface area (Å²) in [6.45, 7) is 0.578. The van der Waals surface area contributed by atoms with E-state index in [-0.39, 0.29) is 5.91 Å². The van der Waals surface area contributed by atoms with Crippen LogP contribution in [0, 0.1) is 0 Å². The van der Waals surface area contributed by atoms with Crippen molar-refractivity contribution in [2.75, 3.05) is 33.1 Å². The van der Waals surface area contributed by atoms with Gasteiger partial charge in [0, 0.05) is 33.4 Å². The van der Waals surface area contributed by atoms with Crippen LogP contribution in [0.15, 0.2) is 54.6 Å². The van der Waals surface area contributed by atoms with Crippen LogP contribution in [-0.2, 0) is 11.3 Å². The number of hydrogen-bond donors (Lipinski definition) is 2. The highest BCUT2D eigenvalue weighted by atomic mass is 16.2. The molecule has 2 aromatic rings. The summed E-state index contributed by atoms with van der Waals surface area (Å²) in [5, 5.41) is 4.80. The van der Waals surface area contributed by atoms with Gasteiger partial charge in [0.05, 0.1) is 0 Å². The number of benzene rings is 2. The molecule has 2 aromatic carbocycles. The van der Waals surface area contributed by atoms with Crippen molar-refractivity contribution in [3.63, 3.8) is 0 Å². The molecule has 2 N–H and O–H groups in total. The van der Waals surface area contributed by atoms with E-state index in [0.717, 1.165) is 16.8 Å². The van der Waals surface area contributed by atoms with Crippen LogP contribution in [0.25, 0.3) is 0 Å². The van der Waals surface area contributed by atoms with Crippen LogP contribution in [-0.4, -0.2) is 45.0 Å². The van der Waals surface area contributed by atoms with Gasteiger partial charge in [0.15, 0.2) is 0 Å². The van der Waals surface area contributed by atoms with Gasteiger partial charge in [-0.05, 0) is 30.3 Å². The molecule has 0 aromatic heterocycles. The van der Waals surface area contributed by atoms with Gasteiger partial charge in [0.25, 0.3) is 0 Å². The van der Waals surface area contributed by atoms with Crippen LogP contribution in [0.3, 0.4) is 0 Å². The minimum atomic E-state index is -0.568. The molecule has 0 heterocycles. The number of carbonyl (C=O) groups excluding carboxylic acids is 2. The molecule has 26 heavy (non-hydrogen) atoms. The summed E-state index contributed by atoms with van der Waals surface area (Å²) in [5.74, 6) is -0.358. The molecule has 0 radical (unpaired) electrons. The second-order valence-electron chi connectivity index (χ2n) is 6.36. The monoisotopic (exact) mass is 354 g/mol. The summed E-state index contributed by atoms with van der Waals surface area (Å²) in [6, 6.07) is 16.5. The lowest BCUT2D eigenvalue weighted by atomic mass is 10.0. The van der Waals surface area contributed by atoms with E-state index in [1.165, 1.54) is 7.05 Å². The Hall–Kier alpha value is -2.86. The van der Waals surface area contributed by atoms with Crippen molar-refractivity contribution in [1.29, 1.82) is 0 Å². The lowest BCUT2D eigenvalue weighted by Gasteiger charge is -2.27. The fourth-order valence-corrected chi connectivity index (χ4v) is 2.76. The maximum Gasteiger partial charge on any atom is 0.321 e. The van der Waals surface area contributed by atoms with E-state index >= 15 is 0 Å². The molecule has 3 amide bonds. The third-order valence-electron chi connectivity index (χ3n) is 4.15. The van der Waals surface area contributed by atoms with Crippen LogP contribution < -0.4 is 15.5 Å². The molecule has 0 saturated carbocycles. The number of urea groups is 1. The Labute approximate surface area is 154 Å². The molecule has 0 spiro atoms. The third kappa shape index (κ3) is 5.07. The van der Waals surface area contributed by atoms with Gasteiger partial charge in [-0.1, -0.05) is 42.5 Å². The predicted molar refractivity (Wildman–Crippen MR) is 104 cm³/mol. The Kier molecular flexibility index (Phi) is 6.74. The number of amides is 3. The molecule has 0 saturated heterocycles. The highest BCUT2D eigenvalue weighted by molar-refractivity contribution is 5.97. The molecule has 0 bridgehead atoms. The van der Waals surface area contributed by atoms with Gasteiger partial charge in [0.1, 0.15) is 6.04 Å². The largest absolute Gasteiger partial charge is 0.378 e. The van der Waals surface area contributed by atoms with Gasteiger partial charge < -0.3 is 10.2 Å². The minimum absolute atomic E-state index is 0.358. The lowest BCUT2D eigenvalue weighted by molar-refractivity contribution is -0.125. The van der Waals surface area contributed by atoms with E-state index in [0.29, 0.717) is 6.54 Å². The van der Waals surface area contributed by atoms with Gasteiger partial charge in [-0.3, -0.25) is 15.0 Å². The second kappa shape index (κ2) is 9.01. The van der Waals surface area contributed by atoms with Gasteiger partial charge >= 0.3 is 6.03 Å². The minimum Gasteiger partial charge on any atom is -0.378 e. The highest BCUT2D eigenvalue weighted by Gasteiger charge is 2.26. The van der Waals surface area contributed by atoms with Crippen LogP contribution in [0.2, 0.25) is 0 Å². The van der Waals surface area contributed by atoms with Crippen LogP contribution in [0.4, 0.5) is 10.5 Å². The van der Waals surface area contributed by atoms with Crippen molar-refractivity contribution in [1.82, 2.24) is 15.5 Å². The summed E-state index contributed by atoms with van der Waals surface area (Å²) >= 11 is 0. The summed E-state index contributed by atoms with van der Waals surface area (Å²) in [7, 11) is 7.35. The molecule has 0 unspecified atom stereocenters. The molecule has 2 rings (SSSR count). The van der Waals surface area contributed by atoms with Crippen molar-refractivity contribution in [2.45, 2.75) is 12.6 Å². The Morgan fingerprint density at radius 1 is 0.962 bits per heavy atom. The van der Waals surface area contributed by atoms with Gasteiger partial charge in [-0.2, -0.15) is 0 Å². The first-order valence-electron chi connectivity index (χ1n) is 8.46. The molecule has 0 aliphatic carbocycles. The van der Waals surface area contributed by atoms with Gasteiger partial charge in [0.2, 0.25) is 5.91 Å². The maximum atomic E-state index is 12.7. The number of nitrogens with one attached hydrogen (secondary N) is 2. The zero-order valence-corrected chi connectivity index (χ0v) is 15.7. The SMILES string of the molecule is CNC(=O)NC(=O)[C@@H](c1ccccc1)N(C)Cc1ccc(N(C)C)cc1. The first-order valence-corrected chi connectivity index (χ1v) is 8.46. The molecule has 1 atom stereocenters. The molecule has 138 valence electrons. The van der Waals surface area contributed by atoms with Crippen molar-refractivity contribution in [3.05, 3.63) is 65.7 Å². The average Bonchev–Trinajstić information content (AvgIpc) is 2.63. The fraction of sp³-hybridized carbons (Fsp3) is 0.300. The van der Waals surface area contributed by atoms with Crippen LogP contribution >= 0.6 is 0 Å². The standard InChI is InChI=1S/C20H26N4O2/c1-21-20(26)22-19(25)18(16-8-6-5-7-9-16)24(4)14-15-10-12-17(13-11-15)23(2)3/h5-13,18H,14H2,1-4H3,(H2,21,22,25,26)/t18-/m1/s1. The number of imide groups is 1. The van der Waals surface area contributed by atoms with Crippen molar-refractivity contribution in [3.8, 4) is 0 Å². The number of anilines is 1. The third-order valence-corrected chi connectivity index (χ3v) is 4.15. The van der Waals surface area contributed by atoms with E-state index in [1.807, 2.05) is 85.5 Å². The van der Waals surface area contributed by atoms with E-state index in [2.05, 4.69) is 10.6 Å². The summed E-state index contributed by atoms with van der Waals surface area (Å²) < 4.78 is 0. The Morgan fingerprint density at radius 3 is 2.12 bits per heavy atom. The summed E-state index contributed by atoms with van der Waals surface area (Å²) in [5.41, 5.74) is 3.04. The molecular formula is C20H26N4O2. The van der Waals surface area contributed by atoms with Gasteiger partial charge in [-0.15, -0.1) is 0 Å². The molecule has 6 heteroatoms. The number of rotatable bonds is 6. The van der Waals surface area contributed by atoms with Crippen molar-refractivity contribution >= 4 is 17.6 Å². The quantitative estimate of drug-likeness (QED) is 0.836. The molecule has 0 aliphatic rings. The number of nitrogens with zero attached hydrogens (tertiary/aromatic N) is 2. The van der Waals surface area contributed by atoms with Crippen molar-refractivity contribution < 1.29 is 9.59 Å².